The Kier molecular flexibility index (Phi) is 5.16. The molecule has 0 saturated carbocycles. The van der Waals surface area contributed by atoms with Gasteiger partial charge in [-0.25, -0.2) is 14.8 Å². The number of aryl methyl sites for hydroxylation is 1. The quantitative estimate of drug-likeness (QED) is 0.796. The molecule has 1 saturated heterocycles. The van der Waals surface area contributed by atoms with Crippen LogP contribution in [0.1, 0.15) is 32.9 Å². The molecule has 7 heteroatoms. The van der Waals surface area contributed by atoms with Crippen LogP contribution in [0.5, 0.6) is 0 Å². The molecule has 2 atom stereocenters. The van der Waals surface area contributed by atoms with Crippen LogP contribution in [0, 0.1) is 12.8 Å². The van der Waals surface area contributed by atoms with E-state index in [0.29, 0.717) is 24.0 Å². The number of likely N-dealkylation sites (tertiary alicyclic amines) is 1. The summed E-state index contributed by atoms with van der Waals surface area (Å²) < 4.78 is 17.7. The van der Waals surface area contributed by atoms with Crippen LogP contribution < -0.4 is 0 Å². The van der Waals surface area contributed by atoms with E-state index in [9.17, 15) is 9.00 Å². The first kappa shape index (κ1) is 16.9. The number of aromatic nitrogens is 2. The molecule has 6 nitrogen and oxygen atoms in total. The molecule has 0 unspecified atom stereocenters. The summed E-state index contributed by atoms with van der Waals surface area (Å²) in [7, 11) is -1.23. The van der Waals surface area contributed by atoms with Gasteiger partial charge in [-0.1, -0.05) is 0 Å². The minimum absolute atomic E-state index is 0.192. The maximum absolute atomic E-state index is 12.3. The maximum atomic E-state index is 12.3. The minimum Gasteiger partial charge on any atom is -0.444 e. The first-order valence-corrected chi connectivity index (χ1v) is 8.72. The monoisotopic (exact) mass is 325 g/mol. The van der Waals surface area contributed by atoms with E-state index in [4.69, 9.17) is 4.74 Å². The largest absolute Gasteiger partial charge is 0.444 e. The van der Waals surface area contributed by atoms with Gasteiger partial charge in [0.05, 0.1) is 10.8 Å². The fourth-order valence-corrected chi connectivity index (χ4v) is 3.56. The maximum Gasteiger partial charge on any atom is 0.410 e. The Bertz CT molecular complexity index is 571. The van der Waals surface area contributed by atoms with Crippen molar-refractivity contribution in [1.29, 1.82) is 0 Å². The summed E-state index contributed by atoms with van der Waals surface area (Å²) in [5.41, 5.74) is 0.313. The number of ether oxygens (including phenoxy) is 1. The standard InChI is InChI=1S/C15H23N3O3S/c1-11-5-7-16-13(17-11)22(20)10-12-6-8-18(9-12)14(19)21-15(2,3)4/h5,7,12H,6,8-10H2,1-4H3/t12-,22-/m1/s1. The predicted octanol–water partition coefficient (Wildman–Crippen LogP) is 2.15. The normalized spacial score (nSPS) is 20.0. The van der Waals surface area contributed by atoms with Crippen molar-refractivity contribution in [2.45, 2.75) is 44.9 Å². The Morgan fingerprint density at radius 3 is 2.86 bits per heavy atom. The average molecular weight is 325 g/mol. The molecule has 1 aliphatic rings. The zero-order chi connectivity index (χ0) is 16.3. The highest BCUT2D eigenvalue weighted by atomic mass is 32.2. The molecule has 0 radical (unpaired) electrons. The fourth-order valence-electron chi connectivity index (χ4n) is 2.29. The van der Waals surface area contributed by atoms with Gasteiger partial charge >= 0.3 is 6.09 Å². The lowest BCUT2D eigenvalue weighted by Crippen LogP contribution is -2.35. The van der Waals surface area contributed by atoms with E-state index in [0.717, 1.165) is 12.1 Å². The highest BCUT2D eigenvalue weighted by Crippen LogP contribution is 2.21. The molecule has 1 aliphatic heterocycles. The molecule has 0 N–H and O–H groups in total. The van der Waals surface area contributed by atoms with Crippen LogP contribution in [0.25, 0.3) is 0 Å². The van der Waals surface area contributed by atoms with Gasteiger partial charge in [0, 0.05) is 30.7 Å². The summed E-state index contributed by atoms with van der Waals surface area (Å²) in [6.07, 6.45) is 2.15. The zero-order valence-corrected chi connectivity index (χ0v) is 14.4. The predicted molar refractivity (Wildman–Crippen MR) is 84.0 cm³/mol. The lowest BCUT2D eigenvalue weighted by Gasteiger charge is -2.24. The van der Waals surface area contributed by atoms with Gasteiger partial charge in [-0.2, -0.15) is 0 Å². The van der Waals surface area contributed by atoms with Crippen LogP contribution in [0.2, 0.25) is 0 Å². The van der Waals surface area contributed by atoms with Crippen molar-refractivity contribution in [3.8, 4) is 0 Å². The molecular formula is C15H23N3O3S. The van der Waals surface area contributed by atoms with Crippen molar-refractivity contribution in [3.05, 3.63) is 18.0 Å². The van der Waals surface area contributed by atoms with Crippen molar-refractivity contribution >= 4 is 16.9 Å². The molecule has 0 aromatic carbocycles. The molecule has 0 aliphatic carbocycles. The molecule has 1 aromatic rings. The van der Waals surface area contributed by atoms with Crippen molar-refractivity contribution in [3.63, 3.8) is 0 Å². The van der Waals surface area contributed by atoms with Gasteiger partial charge in [0.1, 0.15) is 5.60 Å². The van der Waals surface area contributed by atoms with E-state index in [1.165, 1.54) is 0 Å². The molecule has 0 bridgehead atoms. The van der Waals surface area contributed by atoms with Crippen LogP contribution in [0.3, 0.4) is 0 Å². The summed E-state index contributed by atoms with van der Waals surface area (Å²) in [5, 5.41) is 0.371. The van der Waals surface area contributed by atoms with Crippen LogP contribution in [-0.4, -0.2) is 49.6 Å². The smallest absolute Gasteiger partial charge is 0.410 e. The van der Waals surface area contributed by atoms with Gasteiger partial charge < -0.3 is 9.64 Å². The van der Waals surface area contributed by atoms with E-state index >= 15 is 0 Å². The van der Waals surface area contributed by atoms with Gasteiger partial charge in [0.15, 0.2) is 0 Å². The van der Waals surface area contributed by atoms with Crippen LogP contribution in [0.15, 0.2) is 17.4 Å². The number of hydrogen-bond acceptors (Lipinski definition) is 5. The highest BCUT2D eigenvalue weighted by Gasteiger charge is 2.31. The second-order valence-electron chi connectivity index (χ2n) is 6.57. The Labute approximate surface area is 133 Å². The first-order valence-electron chi connectivity index (χ1n) is 7.40. The number of nitrogens with zero attached hydrogens (tertiary/aromatic N) is 3. The molecule has 1 fully saturated rings. The van der Waals surface area contributed by atoms with Crippen molar-refractivity contribution in [2.24, 2.45) is 5.92 Å². The van der Waals surface area contributed by atoms with Crippen LogP contribution >= 0.6 is 0 Å². The molecule has 1 amide bonds. The second-order valence-corrected chi connectivity index (χ2v) is 7.96. The zero-order valence-electron chi connectivity index (χ0n) is 13.5. The Hall–Kier alpha value is -1.50. The van der Waals surface area contributed by atoms with Crippen molar-refractivity contribution in [1.82, 2.24) is 14.9 Å². The lowest BCUT2D eigenvalue weighted by molar-refractivity contribution is 0.0289. The van der Waals surface area contributed by atoms with Gasteiger partial charge in [-0.05, 0) is 46.1 Å². The van der Waals surface area contributed by atoms with Crippen molar-refractivity contribution < 1.29 is 13.7 Å². The molecule has 1 aromatic heterocycles. The van der Waals surface area contributed by atoms with Crippen LogP contribution in [-0.2, 0) is 15.5 Å². The number of carbonyl (C=O) groups is 1. The Balaban J connectivity index is 1.88. The molecule has 122 valence electrons. The van der Waals surface area contributed by atoms with E-state index < -0.39 is 16.4 Å². The molecule has 2 rings (SSSR count). The summed E-state index contributed by atoms with van der Waals surface area (Å²) >= 11 is 0. The third-order valence-corrected chi connectivity index (χ3v) is 4.68. The average Bonchev–Trinajstić information content (AvgIpc) is 2.85. The summed E-state index contributed by atoms with van der Waals surface area (Å²) in [4.78, 5) is 22.0. The van der Waals surface area contributed by atoms with E-state index in [-0.39, 0.29) is 12.0 Å². The van der Waals surface area contributed by atoms with Crippen LogP contribution in [0.4, 0.5) is 4.79 Å². The number of carbonyl (C=O) groups excluding carboxylic acids is 1. The van der Waals surface area contributed by atoms with Gasteiger partial charge in [-0.3, -0.25) is 4.21 Å². The second kappa shape index (κ2) is 6.73. The number of rotatable bonds is 3. The molecular weight excluding hydrogens is 302 g/mol. The lowest BCUT2D eigenvalue weighted by atomic mass is 10.2. The summed E-state index contributed by atoms with van der Waals surface area (Å²) in [6, 6.07) is 1.78. The number of hydrogen-bond donors (Lipinski definition) is 0. The molecule has 0 spiro atoms. The Morgan fingerprint density at radius 2 is 2.23 bits per heavy atom. The molecule has 22 heavy (non-hydrogen) atoms. The van der Waals surface area contributed by atoms with Crippen molar-refractivity contribution in [2.75, 3.05) is 18.8 Å². The third kappa shape index (κ3) is 4.76. The third-order valence-electron chi connectivity index (χ3n) is 3.30. The van der Waals surface area contributed by atoms with Gasteiger partial charge in [-0.15, -0.1) is 0 Å². The van der Waals surface area contributed by atoms with E-state index in [1.807, 2.05) is 27.7 Å². The topological polar surface area (TPSA) is 72.4 Å². The minimum atomic E-state index is -1.23. The van der Waals surface area contributed by atoms with Gasteiger partial charge in [0.2, 0.25) is 5.16 Å². The van der Waals surface area contributed by atoms with E-state index in [1.54, 1.807) is 17.2 Å². The fraction of sp³-hybridized carbons (Fsp3) is 0.667. The summed E-state index contributed by atoms with van der Waals surface area (Å²) in [5.74, 6) is 0.667. The number of amides is 1. The Morgan fingerprint density at radius 1 is 1.50 bits per heavy atom. The molecule has 2 heterocycles. The highest BCUT2D eigenvalue weighted by molar-refractivity contribution is 7.84. The van der Waals surface area contributed by atoms with E-state index in [2.05, 4.69) is 9.97 Å². The SMILES string of the molecule is Cc1ccnc([S@](=O)C[C@@H]2CCN(C(=O)OC(C)(C)C)C2)n1. The van der Waals surface area contributed by atoms with Gasteiger partial charge in [0.25, 0.3) is 0 Å². The first-order chi connectivity index (χ1) is 10.2. The summed E-state index contributed by atoms with van der Waals surface area (Å²) in [6.45, 7) is 8.62.